The lowest BCUT2D eigenvalue weighted by molar-refractivity contribution is -0.136. The van der Waals surface area contributed by atoms with Gasteiger partial charge in [-0.15, -0.1) is 0 Å². The summed E-state index contributed by atoms with van der Waals surface area (Å²) >= 11 is 0. The number of likely N-dealkylation sites (tertiary alicyclic amines) is 1. The first kappa shape index (κ1) is 18.6. The number of nitrogens with zero attached hydrogens (tertiary/aromatic N) is 5. The number of aromatic nitrogens is 2. The molecule has 3 heterocycles. The van der Waals surface area contributed by atoms with Crippen molar-refractivity contribution in [1.29, 1.82) is 0 Å². The Bertz CT molecular complexity index is 662. The predicted molar refractivity (Wildman–Crippen MR) is 99.8 cm³/mol. The number of carbonyl (C=O) groups excluding carboxylic acids is 2. The van der Waals surface area contributed by atoms with Crippen molar-refractivity contribution in [2.24, 2.45) is 11.8 Å². The summed E-state index contributed by atoms with van der Waals surface area (Å²) in [5.74, 6) is 1.21. The molecule has 2 aliphatic rings. The first-order valence-corrected chi connectivity index (χ1v) is 9.47. The molecule has 2 amide bonds. The van der Waals surface area contributed by atoms with Crippen molar-refractivity contribution in [2.45, 2.75) is 34.1 Å². The van der Waals surface area contributed by atoms with Gasteiger partial charge in [0.25, 0.3) is 0 Å². The van der Waals surface area contributed by atoms with Gasteiger partial charge in [0.15, 0.2) is 0 Å². The van der Waals surface area contributed by atoms with Gasteiger partial charge in [0.1, 0.15) is 0 Å². The molecule has 0 bridgehead atoms. The summed E-state index contributed by atoms with van der Waals surface area (Å²) < 4.78 is 0. The summed E-state index contributed by atoms with van der Waals surface area (Å²) in [6, 6.07) is 1.96. The summed E-state index contributed by atoms with van der Waals surface area (Å²) in [4.78, 5) is 39.9. The van der Waals surface area contributed by atoms with E-state index in [1.165, 1.54) is 0 Å². The Kier molecular flexibility index (Phi) is 5.44. The van der Waals surface area contributed by atoms with Gasteiger partial charge in [-0.1, -0.05) is 13.8 Å². The Morgan fingerprint density at radius 1 is 1.15 bits per heavy atom. The second kappa shape index (κ2) is 7.60. The van der Waals surface area contributed by atoms with E-state index in [0.717, 1.165) is 37.0 Å². The number of carbonyl (C=O) groups is 2. The van der Waals surface area contributed by atoms with Crippen LogP contribution >= 0.6 is 0 Å². The quantitative estimate of drug-likeness (QED) is 0.809. The molecule has 3 rings (SSSR count). The highest BCUT2D eigenvalue weighted by atomic mass is 16.2. The van der Waals surface area contributed by atoms with Crippen molar-refractivity contribution < 1.29 is 9.59 Å². The summed E-state index contributed by atoms with van der Waals surface area (Å²) in [7, 11) is 0. The zero-order valence-corrected chi connectivity index (χ0v) is 16.2. The number of aryl methyl sites for hydroxylation is 2. The molecule has 0 spiro atoms. The highest BCUT2D eigenvalue weighted by Crippen LogP contribution is 2.22. The molecule has 0 N–H and O–H groups in total. The molecule has 0 aromatic carbocycles. The van der Waals surface area contributed by atoms with Crippen molar-refractivity contribution in [3.63, 3.8) is 0 Å². The van der Waals surface area contributed by atoms with E-state index in [-0.39, 0.29) is 17.7 Å². The SMILES string of the molecule is Cc1cc(C)nc(N2CCN(C(=O)[C@@H]3CC(=O)N(CC(C)C)C3)CC2)n1. The van der Waals surface area contributed by atoms with Crippen LogP contribution in [0.25, 0.3) is 0 Å². The van der Waals surface area contributed by atoms with Crippen molar-refractivity contribution in [3.05, 3.63) is 17.5 Å². The minimum Gasteiger partial charge on any atom is -0.342 e. The van der Waals surface area contributed by atoms with Crippen molar-refractivity contribution in [3.8, 4) is 0 Å². The predicted octanol–water partition coefficient (Wildman–Crippen LogP) is 1.25. The maximum absolute atomic E-state index is 12.8. The third kappa shape index (κ3) is 4.14. The van der Waals surface area contributed by atoms with Crippen molar-refractivity contribution in [2.75, 3.05) is 44.2 Å². The van der Waals surface area contributed by atoms with Crippen LogP contribution in [-0.4, -0.2) is 70.9 Å². The van der Waals surface area contributed by atoms with Gasteiger partial charge in [-0.2, -0.15) is 0 Å². The smallest absolute Gasteiger partial charge is 0.228 e. The number of hydrogen-bond acceptors (Lipinski definition) is 5. The van der Waals surface area contributed by atoms with Crippen LogP contribution in [0, 0.1) is 25.7 Å². The molecule has 7 heteroatoms. The third-order valence-electron chi connectivity index (χ3n) is 4.99. The maximum Gasteiger partial charge on any atom is 0.228 e. The summed E-state index contributed by atoms with van der Waals surface area (Å²) in [5, 5.41) is 0. The average molecular weight is 359 g/mol. The number of amides is 2. The molecule has 1 atom stereocenters. The Hall–Kier alpha value is -2.18. The average Bonchev–Trinajstić information content (AvgIpc) is 2.93. The summed E-state index contributed by atoms with van der Waals surface area (Å²) in [6.45, 7) is 12.2. The topological polar surface area (TPSA) is 69.6 Å². The van der Waals surface area contributed by atoms with Gasteiger partial charge in [-0.25, -0.2) is 9.97 Å². The number of piperazine rings is 1. The summed E-state index contributed by atoms with van der Waals surface area (Å²) in [6.07, 6.45) is 0.353. The van der Waals surface area contributed by atoms with E-state index in [1.807, 2.05) is 29.7 Å². The first-order valence-electron chi connectivity index (χ1n) is 9.47. The zero-order valence-electron chi connectivity index (χ0n) is 16.2. The van der Waals surface area contributed by atoms with Crippen LogP contribution in [0.3, 0.4) is 0 Å². The molecule has 2 saturated heterocycles. The Morgan fingerprint density at radius 2 is 1.77 bits per heavy atom. The minimum absolute atomic E-state index is 0.110. The minimum atomic E-state index is -0.190. The van der Waals surface area contributed by atoms with Crippen LogP contribution in [0.5, 0.6) is 0 Å². The second-order valence-corrected chi connectivity index (χ2v) is 7.86. The van der Waals surface area contributed by atoms with Crippen LogP contribution in [0.15, 0.2) is 6.07 Å². The van der Waals surface area contributed by atoms with E-state index in [1.54, 1.807) is 0 Å². The monoisotopic (exact) mass is 359 g/mol. The third-order valence-corrected chi connectivity index (χ3v) is 4.99. The van der Waals surface area contributed by atoms with E-state index in [9.17, 15) is 9.59 Å². The largest absolute Gasteiger partial charge is 0.342 e. The lowest BCUT2D eigenvalue weighted by Crippen LogP contribution is -2.51. The van der Waals surface area contributed by atoms with E-state index in [2.05, 4.69) is 28.7 Å². The normalized spacial score (nSPS) is 21.0. The van der Waals surface area contributed by atoms with E-state index < -0.39 is 0 Å². The fraction of sp³-hybridized carbons (Fsp3) is 0.684. The van der Waals surface area contributed by atoms with Crippen LogP contribution < -0.4 is 4.90 Å². The van der Waals surface area contributed by atoms with E-state index >= 15 is 0 Å². The lowest BCUT2D eigenvalue weighted by atomic mass is 10.1. The molecule has 2 aliphatic heterocycles. The molecule has 0 radical (unpaired) electrons. The Balaban J connectivity index is 1.56. The van der Waals surface area contributed by atoms with Gasteiger partial charge >= 0.3 is 0 Å². The molecule has 2 fully saturated rings. The highest BCUT2D eigenvalue weighted by molar-refractivity contribution is 5.89. The van der Waals surface area contributed by atoms with Crippen molar-refractivity contribution >= 4 is 17.8 Å². The molecule has 0 unspecified atom stereocenters. The molecular formula is C19H29N5O2. The van der Waals surface area contributed by atoms with Gasteiger partial charge in [-0.3, -0.25) is 9.59 Å². The fourth-order valence-electron chi connectivity index (χ4n) is 3.79. The van der Waals surface area contributed by atoms with Crippen molar-refractivity contribution in [1.82, 2.24) is 19.8 Å². The Labute approximate surface area is 155 Å². The zero-order chi connectivity index (χ0) is 18.8. The molecule has 142 valence electrons. The summed E-state index contributed by atoms with van der Waals surface area (Å²) in [5.41, 5.74) is 1.92. The molecule has 26 heavy (non-hydrogen) atoms. The molecule has 1 aromatic rings. The molecule has 0 aliphatic carbocycles. The van der Waals surface area contributed by atoms with E-state index in [4.69, 9.17) is 0 Å². The number of hydrogen-bond donors (Lipinski definition) is 0. The van der Waals surface area contributed by atoms with Gasteiger partial charge in [0.2, 0.25) is 17.8 Å². The standard InChI is InChI=1S/C19H29N5O2/c1-13(2)11-24-12-16(10-17(24)25)18(26)22-5-7-23(8-6-22)19-20-14(3)9-15(4)21-19/h9,13,16H,5-8,10-12H2,1-4H3/t16-/m1/s1. The number of rotatable bonds is 4. The van der Waals surface area contributed by atoms with Crippen LogP contribution in [0.1, 0.15) is 31.7 Å². The molecule has 0 saturated carbocycles. The van der Waals surface area contributed by atoms with Gasteiger partial charge < -0.3 is 14.7 Å². The first-order chi connectivity index (χ1) is 12.3. The van der Waals surface area contributed by atoms with Crippen LogP contribution in [-0.2, 0) is 9.59 Å². The maximum atomic E-state index is 12.8. The van der Waals surface area contributed by atoms with Gasteiger partial charge in [0, 0.05) is 57.1 Å². The van der Waals surface area contributed by atoms with Crippen LogP contribution in [0.4, 0.5) is 5.95 Å². The van der Waals surface area contributed by atoms with Gasteiger partial charge in [0.05, 0.1) is 5.92 Å². The number of anilines is 1. The lowest BCUT2D eigenvalue weighted by Gasteiger charge is -2.36. The van der Waals surface area contributed by atoms with Crippen LogP contribution in [0.2, 0.25) is 0 Å². The highest BCUT2D eigenvalue weighted by Gasteiger charge is 2.37. The van der Waals surface area contributed by atoms with E-state index in [0.29, 0.717) is 32.0 Å². The van der Waals surface area contributed by atoms with Gasteiger partial charge in [-0.05, 0) is 25.8 Å². The molecule has 1 aromatic heterocycles. The molecular weight excluding hydrogens is 330 g/mol. The molecule has 7 nitrogen and oxygen atoms in total. The Morgan fingerprint density at radius 3 is 2.35 bits per heavy atom. The second-order valence-electron chi connectivity index (χ2n) is 7.86. The fourth-order valence-corrected chi connectivity index (χ4v) is 3.79.